The Kier molecular flexibility index (Phi) is 4.90. The minimum Gasteiger partial charge on any atom is -0.497 e. The maximum Gasteiger partial charge on any atom is 0.358 e. The van der Waals surface area contributed by atoms with Gasteiger partial charge >= 0.3 is 5.97 Å². The minimum atomic E-state index is -0.535. The average molecular weight is 360 g/mol. The van der Waals surface area contributed by atoms with Crippen molar-refractivity contribution in [1.82, 2.24) is 25.0 Å². The van der Waals surface area contributed by atoms with E-state index in [1.807, 2.05) is 0 Å². The van der Waals surface area contributed by atoms with Gasteiger partial charge in [0.05, 0.1) is 25.1 Å². The number of halogens is 1. The van der Waals surface area contributed by atoms with Crippen LogP contribution in [0.4, 0.5) is 0 Å². The van der Waals surface area contributed by atoms with Gasteiger partial charge in [0.2, 0.25) is 0 Å². The molecule has 3 aromatic heterocycles. The highest BCUT2D eigenvalue weighted by molar-refractivity contribution is 6.29. The topological polar surface area (TPSA) is 92.0 Å². The normalized spacial score (nSPS) is 10.5. The summed E-state index contributed by atoms with van der Waals surface area (Å²) in [5.74, 6) is 0.476. The van der Waals surface area contributed by atoms with E-state index >= 15 is 0 Å². The predicted molar refractivity (Wildman–Crippen MR) is 89.9 cm³/mol. The number of aromatic nitrogens is 5. The van der Waals surface area contributed by atoms with Gasteiger partial charge in [-0.1, -0.05) is 11.6 Å². The summed E-state index contributed by atoms with van der Waals surface area (Å²) < 4.78 is 11.7. The van der Waals surface area contributed by atoms with Crippen molar-refractivity contribution in [1.29, 1.82) is 0 Å². The average Bonchev–Trinajstić information content (AvgIpc) is 3.08. The van der Waals surface area contributed by atoms with Gasteiger partial charge < -0.3 is 9.47 Å². The van der Waals surface area contributed by atoms with E-state index in [1.165, 1.54) is 4.68 Å². The Labute approximate surface area is 148 Å². The minimum absolute atomic E-state index is 0.137. The highest BCUT2D eigenvalue weighted by Gasteiger charge is 2.19. The van der Waals surface area contributed by atoms with Crippen molar-refractivity contribution in [3.63, 3.8) is 0 Å². The Balaban J connectivity index is 2.14. The molecule has 0 aliphatic rings. The zero-order chi connectivity index (χ0) is 17.8. The first-order valence-electron chi connectivity index (χ1n) is 7.39. The SMILES string of the molecule is CCOC(=O)c1cc(-c2cc(OC)ccn2)n(-c2ccc(Cl)nn2)n1. The maximum atomic E-state index is 12.0. The molecule has 0 aliphatic carbocycles. The van der Waals surface area contributed by atoms with Crippen molar-refractivity contribution < 1.29 is 14.3 Å². The molecule has 0 spiro atoms. The fourth-order valence-electron chi connectivity index (χ4n) is 2.14. The summed E-state index contributed by atoms with van der Waals surface area (Å²) in [6, 6.07) is 8.25. The van der Waals surface area contributed by atoms with Crippen LogP contribution in [0.15, 0.2) is 36.5 Å². The van der Waals surface area contributed by atoms with E-state index in [-0.39, 0.29) is 17.5 Å². The largest absolute Gasteiger partial charge is 0.497 e. The Morgan fingerprint density at radius 2 is 2.08 bits per heavy atom. The summed E-state index contributed by atoms with van der Waals surface area (Å²) >= 11 is 5.79. The first kappa shape index (κ1) is 16.8. The van der Waals surface area contributed by atoms with Crippen LogP contribution in [-0.4, -0.2) is 44.6 Å². The molecule has 8 nitrogen and oxygen atoms in total. The van der Waals surface area contributed by atoms with Crippen molar-refractivity contribution in [2.45, 2.75) is 6.92 Å². The molecule has 3 heterocycles. The van der Waals surface area contributed by atoms with Crippen LogP contribution in [0.5, 0.6) is 5.75 Å². The van der Waals surface area contributed by atoms with Crippen molar-refractivity contribution in [3.05, 3.63) is 47.4 Å². The third-order valence-electron chi connectivity index (χ3n) is 3.26. The number of hydrogen-bond acceptors (Lipinski definition) is 7. The molecule has 0 fully saturated rings. The third-order valence-corrected chi connectivity index (χ3v) is 3.46. The van der Waals surface area contributed by atoms with Gasteiger partial charge in [0.15, 0.2) is 16.7 Å². The molecule has 128 valence electrons. The Morgan fingerprint density at radius 3 is 2.76 bits per heavy atom. The van der Waals surface area contributed by atoms with E-state index in [2.05, 4.69) is 20.3 Å². The molecule has 0 atom stereocenters. The highest BCUT2D eigenvalue weighted by atomic mass is 35.5. The number of pyridine rings is 1. The molecule has 0 aromatic carbocycles. The molecular weight excluding hydrogens is 346 g/mol. The molecule has 25 heavy (non-hydrogen) atoms. The summed E-state index contributed by atoms with van der Waals surface area (Å²) in [5, 5.41) is 12.3. The van der Waals surface area contributed by atoms with Crippen LogP contribution < -0.4 is 4.74 Å². The number of rotatable bonds is 5. The van der Waals surface area contributed by atoms with Crippen LogP contribution in [0.3, 0.4) is 0 Å². The second-order valence-corrected chi connectivity index (χ2v) is 5.23. The van der Waals surface area contributed by atoms with Gasteiger partial charge in [-0.25, -0.2) is 9.48 Å². The second kappa shape index (κ2) is 7.27. The zero-order valence-electron chi connectivity index (χ0n) is 13.5. The van der Waals surface area contributed by atoms with Crippen LogP contribution in [0.25, 0.3) is 17.2 Å². The van der Waals surface area contributed by atoms with Crippen LogP contribution in [-0.2, 0) is 4.74 Å². The maximum absolute atomic E-state index is 12.0. The number of carbonyl (C=O) groups excluding carboxylic acids is 1. The molecule has 0 bridgehead atoms. The van der Waals surface area contributed by atoms with Crippen LogP contribution in [0.1, 0.15) is 17.4 Å². The standard InChI is InChI=1S/C16H14ClN5O3/c1-3-25-16(23)12-9-13(11-8-10(24-2)6-7-18-11)22(21-12)15-5-4-14(17)19-20-15/h4-9H,3H2,1-2H3. The first-order valence-corrected chi connectivity index (χ1v) is 7.77. The van der Waals surface area contributed by atoms with Gasteiger partial charge in [0, 0.05) is 18.3 Å². The predicted octanol–water partition coefficient (Wildman–Crippen LogP) is 2.56. The number of ether oxygens (including phenoxy) is 2. The quantitative estimate of drug-likeness (QED) is 0.646. The Hall–Kier alpha value is -3.00. The lowest BCUT2D eigenvalue weighted by atomic mass is 10.2. The summed E-state index contributed by atoms with van der Waals surface area (Å²) in [7, 11) is 1.56. The molecule has 0 N–H and O–H groups in total. The fourth-order valence-corrected chi connectivity index (χ4v) is 2.24. The number of nitrogens with zero attached hydrogens (tertiary/aromatic N) is 5. The lowest BCUT2D eigenvalue weighted by Gasteiger charge is -2.06. The van der Waals surface area contributed by atoms with E-state index in [0.29, 0.717) is 23.0 Å². The van der Waals surface area contributed by atoms with E-state index in [9.17, 15) is 4.79 Å². The summed E-state index contributed by atoms with van der Waals surface area (Å²) in [6.07, 6.45) is 1.60. The van der Waals surface area contributed by atoms with Gasteiger partial charge in [-0.05, 0) is 25.1 Å². The Morgan fingerprint density at radius 1 is 1.24 bits per heavy atom. The van der Waals surface area contributed by atoms with Gasteiger partial charge in [0.1, 0.15) is 5.75 Å². The summed E-state index contributed by atoms with van der Waals surface area (Å²) in [5.41, 5.74) is 1.23. The van der Waals surface area contributed by atoms with Crippen molar-refractivity contribution in [2.75, 3.05) is 13.7 Å². The van der Waals surface area contributed by atoms with Crippen molar-refractivity contribution in [3.8, 4) is 23.0 Å². The van der Waals surface area contributed by atoms with Crippen molar-refractivity contribution in [2.24, 2.45) is 0 Å². The molecule has 0 saturated carbocycles. The summed E-state index contributed by atoms with van der Waals surface area (Å²) in [4.78, 5) is 16.4. The lowest BCUT2D eigenvalue weighted by molar-refractivity contribution is 0.0519. The van der Waals surface area contributed by atoms with Gasteiger partial charge in [-0.3, -0.25) is 4.98 Å². The van der Waals surface area contributed by atoms with E-state index in [1.54, 1.807) is 50.6 Å². The third kappa shape index (κ3) is 3.58. The van der Waals surface area contributed by atoms with Crippen LogP contribution in [0.2, 0.25) is 5.15 Å². The molecule has 0 unspecified atom stereocenters. The van der Waals surface area contributed by atoms with Gasteiger partial charge in [0.25, 0.3) is 0 Å². The summed E-state index contributed by atoms with van der Waals surface area (Å²) in [6.45, 7) is 1.98. The van der Waals surface area contributed by atoms with E-state index in [0.717, 1.165) is 0 Å². The molecular formula is C16H14ClN5O3. The van der Waals surface area contributed by atoms with Crippen LogP contribution >= 0.6 is 11.6 Å². The van der Waals surface area contributed by atoms with Gasteiger partial charge in [-0.2, -0.15) is 5.10 Å². The molecule has 0 amide bonds. The molecule has 3 rings (SSSR count). The zero-order valence-corrected chi connectivity index (χ0v) is 14.3. The fraction of sp³-hybridized carbons (Fsp3) is 0.188. The second-order valence-electron chi connectivity index (χ2n) is 4.84. The number of carbonyl (C=O) groups is 1. The monoisotopic (exact) mass is 359 g/mol. The first-order chi connectivity index (χ1) is 12.1. The lowest BCUT2D eigenvalue weighted by Crippen LogP contribution is -2.08. The molecule has 9 heteroatoms. The number of esters is 1. The van der Waals surface area contributed by atoms with E-state index in [4.69, 9.17) is 21.1 Å². The molecule has 0 radical (unpaired) electrons. The molecule has 3 aromatic rings. The molecule has 0 saturated heterocycles. The highest BCUT2D eigenvalue weighted by Crippen LogP contribution is 2.25. The van der Waals surface area contributed by atoms with Crippen molar-refractivity contribution >= 4 is 17.6 Å². The van der Waals surface area contributed by atoms with Crippen LogP contribution in [0, 0.1) is 0 Å². The van der Waals surface area contributed by atoms with Gasteiger partial charge in [-0.15, -0.1) is 10.2 Å². The molecule has 0 aliphatic heterocycles. The smallest absolute Gasteiger partial charge is 0.358 e. The Bertz CT molecular complexity index is 895. The number of methoxy groups -OCH3 is 1. The number of hydrogen-bond donors (Lipinski definition) is 0. The van der Waals surface area contributed by atoms with E-state index < -0.39 is 5.97 Å².